The summed E-state index contributed by atoms with van der Waals surface area (Å²) in [4.78, 5) is 22.6. The summed E-state index contributed by atoms with van der Waals surface area (Å²) in [5.74, 6) is -0.228. The van der Waals surface area contributed by atoms with Crippen LogP contribution in [-0.2, 0) is 24.1 Å². The van der Waals surface area contributed by atoms with E-state index in [9.17, 15) is 14.9 Å². The van der Waals surface area contributed by atoms with Gasteiger partial charge < -0.3 is 0 Å². The fourth-order valence-corrected chi connectivity index (χ4v) is 3.18. The minimum Gasteiger partial charge on any atom is -0.273 e. The SMILES string of the molecule is O=C(Cc1cccc2c1CCCC2)N/N=C/c1ccccc1[N+](=O)[O-]. The van der Waals surface area contributed by atoms with Crippen LogP contribution in [0.5, 0.6) is 0 Å². The molecule has 0 spiro atoms. The van der Waals surface area contributed by atoms with Gasteiger partial charge >= 0.3 is 0 Å². The number of para-hydroxylation sites is 1. The first-order chi connectivity index (χ1) is 12.1. The van der Waals surface area contributed by atoms with Crippen LogP contribution in [0, 0.1) is 10.1 Å². The maximum Gasteiger partial charge on any atom is 0.278 e. The predicted octanol–water partition coefficient (Wildman–Crippen LogP) is 3.17. The van der Waals surface area contributed by atoms with Crippen molar-refractivity contribution in [1.29, 1.82) is 0 Å². The topological polar surface area (TPSA) is 84.6 Å². The maximum atomic E-state index is 12.1. The van der Waals surface area contributed by atoms with Gasteiger partial charge in [-0.25, -0.2) is 5.43 Å². The van der Waals surface area contributed by atoms with Crippen molar-refractivity contribution in [3.8, 4) is 0 Å². The first-order valence-corrected chi connectivity index (χ1v) is 8.30. The Bertz CT molecular complexity index is 830. The van der Waals surface area contributed by atoms with Crippen LogP contribution in [0.25, 0.3) is 0 Å². The van der Waals surface area contributed by atoms with Crippen molar-refractivity contribution in [2.45, 2.75) is 32.1 Å². The third kappa shape index (κ3) is 4.09. The molecule has 0 atom stereocenters. The number of hydrazone groups is 1. The van der Waals surface area contributed by atoms with E-state index < -0.39 is 4.92 Å². The Morgan fingerprint density at radius 1 is 1.16 bits per heavy atom. The first-order valence-electron chi connectivity index (χ1n) is 8.30. The minimum atomic E-state index is -0.473. The molecule has 6 nitrogen and oxygen atoms in total. The summed E-state index contributed by atoms with van der Waals surface area (Å²) < 4.78 is 0. The summed E-state index contributed by atoms with van der Waals surface area (Å²) in [5, 5.41) is 14.8. The van der Waals surface area contributed by atoms with E-state index in [1.165, 1.54) is 29.8 Å². The summed E-state index contributed by atoms with van der Waals surface area (Å²) in [6.45, 7) is 0. The highest BCUT2D eigenvalue weighted by molar-refractivity contribution is 5.87. The summed E-state index contributed by atoms with van der Waals surface area (Å²) in [5.41, 5.74) is 6.42. The van der Waals surface area contributed by atoms with Gasteiger partial charge in [-0.15, -0.1) is 0 Å². The highest BCUT2D eigenvalue weighted by Crippen LogP contribution is 2.24. The number of nitrogens with zero attached hydrogens (tertiary/aromatic N) is 2. The molecule has 0 saturated carbocycles. The van der Waals surface area contributed by atoms with Gasteiger partial charge in [0.15, 0.2) is 0 Å². The molecular weight excluding hydrogens is 318 g/mol. The van der Waals surface area contributed by atoms with E-state index in [0.29, 0.717) is 5.56 Å². The predicted molar refractivity (Wildman–Crippen MR) is 95.6 cm³/mol. The molecule has 0 saturated heterocycles. The number of aryl methyl sites for hydroxylation is 1. The minimum absolute atomic E-state index is 0.0439. The molecule has 1 amide bonds. The van der Waals surface area contributed by atoms with E-state index in [1.807, 2.05) is 12.1 Å². The molecular formula is C19H19N3O3. The van der Waals surface area contributed by atoms with Crippen LogP contribution in [-0.4, -0.2) is 17.0 Å². The lowest BCUT2D eigenvalue weighted by Gasteiger charge is -2.18. The number of nitro benzene ring substituents is 1. The molecule has 1 aliphatic rings. The van der Waals surface area contributed by atoms with Crippen LogP contribution in [0.1, 0.15) is 35.1 Å². The number of benzene rings is 2. The second kappa shape index (κ2) is 7.70. The fourth-order valence-electron chi connectivity index (χ4n) is 3.18. The summed E-state index contributed by atoms with van der Waals surface area (Å²) >= 11 is 0. The van der Waals surface area contributed by atoms with E-state index in [0.717, 1.165) is 24.8 Å². The zero-order valence-corrected chi connectivity index (χ0v) is 13.8. The zero-order chi connectivity index (χ0) is 17.6. The van der Waals surface area contributed by atoms with E-state index in [4.69, 9.17) is 0 Å². The third-order valence-corrected chi connectivity index (χ3v) is 4.37. The summed E-state index contributed by atoms with van der Waals surface area (Å²) in [6.07, 6.45) is 6.00. The van der Waals surface area contributed by atoms with Gasteiger partial charge in [0.2, 0.25) is 5.91 Å². The Hall–Kier alpha value is -3.02. The lowest BCUT2D eigenvalue weighted by atomic mass is 9.87. The average molecular weight is 337 g/mol. The van der Waals surface area contributed by atoms with Crippen molar-refractivity contribution in [2.24, 2.45) is 5.10 Å². The second-order valence-corrected chi connectivity index (χ2v) is 6.05. The monoisotopic (exact) mass is 337 g/mol. The Kier molecular flexibility index (Phi) is 5.18. The van der Waals surface area contributed by atoms with Gasteiger partial charge in [0, 0.05) is 6.07 Å². The van der Waals surface area contributed by atoms with Gasteiger partial charge in [0.05, 0.1) is 23.1 Å². The standard InChI is InChI=1S/C19H19N3O3/c23-19(12-15-9-5-8-14-6-1-3-10-17(14)15)21-20-13-16-7-2-4-11-18(16)22(24)25/h2,4-5,7-9,11,13H,1,3,6,10,12H2,(H,21,23)/b20-13+. The lowest BCUT2D eigenvalue weighted by molar-refractivity contribution is -0.385. The van der Waals surface area contributed by atoms with E-state index in [1.54, 1.807) is 18.2 Å². The van der Waals surface area contributed by atoms with Crippen molar-refractivity contribution in [3.05, 3.63) is 74.8 Å². The van der Waals surface area contributed by atoms with Crippen molar-refractivity contribution < 1.29 is 9.72 Å². The molecule has 0 aliphatic heterocycles. The molecule has 2 aromatic rings. The maximum absolute atomic E-state index is 12.1. The molecule has 6 heteroatoms. The number of hydrogen-bond acceptors (Lipinski definition) is 4. The van der Waals surface area contributed by atoms with Crippen LogP contribution in [0.4, 0.5) is 5.69 Å². The molecule has 0 aromatic heterocycles. The van der Waals surface area contributed by atoms with Crippen LogP contribution in [0.15, 0.2) is 47.6 Å². The Morgan fingerprint density at radius 2 is 1.96 bits per heavy atom. The summed E-state index contributed by atoms with van der Waals surface area (Å²) in [6, 6.07) is 12.4. The summed E-state index contributed by atoms with van der Waals surface area (Å²) in [7, 11) is 0. The molecule has 1 aliphatic carbocycles. The normalized spacial score (nSPS) is 13.4. The van der Waals surface area contributed by atoms with E-state index >= 15 is 0 Å². The lowest BCUT2D eigenvalue weighted by Crippen LogP contribution is -2.21. The zero-order valence-electron chi connectivity index (χ0n) is 13.8. The van der Waals surface area contributed by atoms with Gasteiger partial charge in [-0.2, -0.15) is 5.10 Å². The molecule has 0 radical (unpaired) electrons. The van der Waals surface area contributed by atoms with Crippen molar-refractivity contribution in [3.63, 3.8) is 0 Å². The number of nitro groups is 1. The Balaban J connectivity index is 1.65. The molecule has 25 heavy (non-hydrogen) atoms. The van der Waals surface area contributed by atoms with Gasteiger partial charge in [-0.05, 0) is 48.4 Å². The third-order valence-electron chi connectivity index (χ3n) is 4.37. The molecule has 0 unspecified atom stereocenters. The number of fused-ring (bicyclic) bond motifs is 1. The number of amides is 1. The Morgan fingerprint density at radius 3 is 2.80 bits per heavy atom. The molecule has 0 fully saturated rings. The molecule has 128 valence electrons. The average Bonchev–Trinajstić information content (AvgIpc) is 2.62. The smallest absolute Gasteiger partial charge is 0.273 e. The van der Waals surface area contributed by atoms with Gasteiger partial charge in [-0.1, -0.05) is 30.3 Å². The van der Waals surface area contributed by atoms with Crippen molar-refractivity contribution in [2.75, 3.05) is 0 Å². The van der Waals surface area contributed by atoms with Crippen LogP contribution in [0.2, 0.25) is 0 Å². The van der Waals surface area contributed by atoms with Gasteiger partial charge in [0.25, 0.3) is 5.69 Å². The first kappa shape index (κ1) is 16.8. The molecule has 3 rings (SSSR count). The largest absolute Gasteiger partial charge is 0.278 e. The van der Waals surface area contributed by atoms with Crippen molar-refractivity contribution >= 4 is 17.8 Å². The molecule has 2 aromatic carbocycles. The quantitative estimate of drug-likeness (QED) is 0.517. The van der Waals surface area contributed by atoms with Crippen molar-refractivity contribution in [1.82, 2.24) is 5.43 Å². The van der Waals surface area contributed by atoms with Gasteiger partial charge in [0.1, 0.15) is 0 Å². The second-order valence-electron chi connectivity index (χ2n) is 6.05. The molecule has 0 heterocycles. The number of carbonyl (C=O) groups excluding carboxylic acids is 1. The van der Waals surface area contributed by atoms with Crippen LogP contribution < -0.4 is 5.43 Å². The number of hydrogen-bond donors (Lipinski definition) is 1. The van der Waals surface area contributed by atoms with E-state index in [-0.39, 0.29) is 18.0 Å². The molecule has 1 N–H and O–H groups in total. The van der Waals surface area contributed by atoms with E-state index in [2.05, 4.69) is 16.6 Å². The van der Waals surface area contributed by atoms with Crippen LogP contribution in [0.3, 0.4) is 0 Å². The fraction of sp³-hybridized carbons (Fsp3) is 0.263. The molecule has 0 bridgehead atoms. The number of rotatable bonds is 5. The highest BCUT2D eigenvalue weighted by atomic mass is 16.6. The van der Waals surface area contributed by atoms with Crippen LogP contribution >= 0.6 is 0 Å². The highest BCUT2D eigenvalue weighted by Gasteiger charge is 2.15. The Labute approximate surface area is 145 Å². The number of nitrogens with one attached hydrogen (secondary N) is 1. The number of carbonyl (C=O) groups is 1. The van der Waals surface area contributed by atoms with Gasteiger partial charge in [-0.3, -0.25) is 14.9 Å².